The molecule has 3 heterocycles. The van der Waals surface area contributed by atoms with Gasteiger partial charge in [-0.1, -0.05) is 23.7 Å². The molecule has 3 aromatic heterocycles. The number of furan rings is 1. The highest BCUT2D eigenvalue weighted by molar-refractivity contribution is 7.13. The van der Waals surface area contributed by atoms with Crippen molar-refractivity contribution in [3.05, 3.63) is 76.8 Å². The van der Waals surface area contributed by atoms with E-state index in [2.05, 4.69) is 30.5 Å². The lowest BCUT2D eigenvalue weighted by Gasteiger charge is -2.08. The van der Waals surface area contributed by atoms with Crippen molar-refractivity contribution in [3.63, 3.8) is 0 Å². The quantitative estimate of drug-likeness (QED) is 0.410. The van der Waals surface area contributed by atoms with Crippen molar-refractivity contribution in [2.75, 3.05) is 0 Å². The van der Waals surface area contributed by atoms with Gasteiger partial charge in [0.25, 0.3) is 0 Å². The maximum absolute atomic E-state index is 6.01. The van der Waals surface area contributed by atoms with Gasteiger partial charge in [-0.3, -0.25) is 0 Å². The molecule has 0 unspecified atom stereocenters. The highest BCUT2D eigenvalue weighted by atomic mass is 35.5. The summed E-state index contributed by atoms with van der Waals surface area (Å²) in [6.45, 7) is 2.11. The Balaban J connectivity index is 1.91. The predicted octanol–water partition coefficient (Wildman–Crippen LogP) is 6.70. The Morgan fingerprint density at radius 1 is 0.958 bits per heavy atom. The third-order valence-electron chi connectivity index (χ3n) is 3.87. The maximum atomic E-state index is 6.01. The number of benzene rings is 1. The summed E-state index contributed by atoms with van der Waals surface area (Å²) in [4.78, 5) is 6.05. The molecule has 1 aromatic carbocycles. The Hall–Kier alpha value is -2.36. The van der Waals surface area contributed by atoms with Gasteiger partial charge in [-0.15, -0.1) is 11.3 Å². The molecule has 0 saturated carbocycles. The second kappa shape index (κ2) is 6.27. The first-order valence-corrected chi connectivity index (χ1v) is 8.83. The van der Waals surface area contributed by atoms with Crippen LogP contribution >= 0.6 is 22.9 Å². The molecule has 0 atom stereocenters. The van der Waals surface area contributed by atoms with E-state index < -0.39 is 0 Å². The van der Waals surface area contributed by atoms with Crippen LogP contribution in [0.5, 0.6) is 0 Å². The zero-order valence-electron chi connectivity index (χ0n) is 13.0. The van der Waals surface area contributed by atoms with Gasteiger partial charge in [0.1, 0.15) is 5.76 Å². The Kier molecular flexibility index (Phi) is 3.97. The molecule has 0 amide bonds. The first kappa shape index (κ1) is 15.2. The number of rotatable bonds is 3. The molecule has 4 rings (SSSR count). The molecule has 4 heteroatoms. The molecule has 0 aliphatic carbocycles. The van der Waals surface area contributed by atoms with Gasteiger partial charge in [0, 0.05) is 16.1 Å². The zero-order chi connectivity index (χ0) is 16.5. The number of pyridine rings is 1. The van der Waals surface area contributed by atoms with Crippen LogP contribution in [0.3, 0.4) is 0 Å². The van der Waals surface area contributed by atoms with E-state index in [1.54, 1.807) is 17.6 Å². The SMILES string of the molecule is Cc1ccsc1-c1cc(-c2ccco2)cc(-c2ccc(Cl)cc2)n1. The minimum absolute atomic E-state index is 0.718. The van der Waals surface area contributed by atoms with E-state index in [0.717, 1.165) is 33.3 Å². The van der Waals surface area contributed by atoms with Crippen molar-refractivity contribution in [1.82, 2.24) is 4.98 Å². The summed E-state index contributed by atoms with van der Waals surface area (Å²) in [6, 6.07) is 17.8. The molecule has 0 aliphatic heterocycles. The standard InChI is InChI=1S/C20H14ClNOS/c1-13-8-10-24-20(13)18-12-15(19-3-2-9-23-19)11-17(22-18)14-4-6-16(21)7-5-14/h2-12H,1H3. The van der Waals surface area contributed by atoms with E-state index in [9.17, 15) is 0 Å². The highest BCUT2D eigenvalue weighted by Gasteiger charge is 2.12. The van der Waals surface area contributed by atoms with E-state index in [1.165, 1.54) is 10.4 Å². The van der Waals surface area contributed by atoms with Gasteiger partial charge in [0.15, 0.2) is 0 Å². The normalized spacial score (nSPS) is 10.9. The average molecular weight is 352 g/mol. The number of halogens is 1. The number of hydrogen-bond acceptors (Lipinski definition) is 3. The van der Waals surface area contributed by atoms with Crippen molar-refractivity contribution in [2.24, 2.45) is 0 Å². The van der Waals surface area contributed by atoms with E-state index in [-0.39, 0.29) is 0 Å². The number of aromatic nitrogens is 1. The lowest BCUT2D eigenvalue weighted by molar-refractivity contribution is 0.582. The monoisotopic (exact) mass is 351 g/mol. The summed E-state index contributed by atoms with van der Waals surface area (Å²) in [5.74, 6) is 0.836. The second-order valence-corrected chi connectivity index (χ2v) is 6.90. The molecule has 0 radical (unpaired) electrons. The summed E-state index contributed by atoms with van der Waals surface area (Å²) in [5.41, 5.74) is 5.14. The van der Waals surface area contributed by atoms with Gasteiger partial charge in [0.05, 0.1) is 22.5 Å². The summed E-state index contributed by atoms with van der Waals surface area (Å²) in [5, 5.41) is 2.81. The number of nitrogens with zero attached hydrogens (tertiary/aromatic N) is 1. The molecular weight excluding hydrogens is 338 g/mol. The Bertz CT molecular complexity index is 971. The maximum Gasteiger partial charge on any atom is 0.134 e. The highest BCUT2D eigenvalue weighted by Crippen LogP contribution is 2.34. The Labute approximate surface area is 149 Å². The zero-order valence-corrected chi connectivity index (χ0v) is 14.6. The second-order valence-electron chi connectivity index (χ2n) is 5.54. The minimum atomic E-state index is 0.718. The van der Waals surface area contributed by atoms with E-state index in [1.807, 2.05) is 36.4 Å². The molecule has 0 fully saturated rings. The lowest BCUT2D eigenvalue weighted by Crippen LogP contribution is -1.90. The Morgan fingerprint density at radius 3 is 2.42 bits per heavy atom. The summed E-state index contributed by atoms with van der Waals surface area (Å²) < 4.78 is 5.59. The first-order chi connectivity index (χ1) is 11.7. The van der Waals surface area contributed by atoms with Gasteiger partial charge in [-0.05, 0) is 60.3 Å². The van der Waals surface area contributed by atoms with Gasteiger partial charge < -0.3 is 4.42 Å². The molecule has 0 aliphatic rings. The van der Waals surface area contributed by atoms with Crippen molar-refractivity contribution in [3.8, 4) is 33.2 Å². The fraction of sp³-hybridized carbons (Fsp3) is 0.0500. The largest absolute Gasteiger partial charge is 0.464 e. The van der Waals surface area contributed by atoms with E-state index >= 15 is 0 Å². The third-order valence-corrected chi connectivity index (χ3v) is 5.16. The Morgan fingerprint density at radius 2 is 1.75 bits per heavy atom. The van der Waals surface area contributed by atoms with E-state index in [0.29, 0.717) is 0 Å². The predicted molar refractivity (Wildman–Crippen MR) is 100 cm³/mol. The number of hydrogen-bond donors (Lipinski definition) is 0. The topological polar surface area (TPSA) is 26.0 Å². The third kappa shape index (κ3) is 2.88. The first-order valence-electron chi connectivity index (χ1n) is 7.57. The van der Waals surface area contributed by atoms with Gasteiger partial charge in [-0.2, -0.15) is 0 Å². The van der Waals surface area contributed by atoms with Crippen molar-refractivity contribution < 1.29 is 4.42 Å². The lowest BCUT2D eigenvalue weighted by atomic mass is 10.1. The van der Waals surface area contributed by atoms with Gasteiger partial charge in [-0.25, -0.2) is 4.98 Å². The van der Waals surface area contributed by atoms with Gasteiger partial charge in [0.2, 0.25) is 0 Å². The smallest absolute Gasteiger partial charge is 0.134 e. The molecular formula is C20H14ClNOS. The summed E-state index contributed by atoms with van der Waals surface area (Å²) in [7, 11) is 0. The molecule has 0 N–H and O–H groups in total. The number of aryl methyl sites for hydroxylation is 1. The molecule has 0 saturated heterocycles. The summed E-state index contributed by atoms with van der Waals surface area (Å²) >= 11 is 7.71. The van der Waals surface area contributed by atoms with Gasteiger partial charge >= 0.3 is 0 Å². The van der Waals surface area contributed by atoms with Crippen LogP contribution in [0, 0.1) is 6.92 Å². The minimum Gasteiger partial charge on any atom is -0.464 e. The molecule has 4 aromatic rings. The van der Waals surface area contributed by atoms with Crippen LogP contribution in [0.25, 0.3) is 33.2 Å². The van der Waals surface area contributed by atoms with Crippen LogP contribution < -0.4 is 0 Å². The fourth-order valence-electron chi connectivity index (χ4n) is 2.64. The van der Waals surface area contributed by atoms with Crippen LogP contribution in [0.4, 0.5) is 0 Å². The van der Waals surface area contributed by atoms with Crippen LogP contribution in [-0.4, -0.2) is 4.98 Å². The molecule has 0 bridgehead atoms. The number of thiophene rings is 1. The molecule has 24 heavy (non-hydrogen) atoms. The van der Waals surface area contributed by atoms with Crippen molar-refractivity contribution in [1.29, 1.82) is 0 Å². The van der Waals surface area contributed by atoms with Crippen LogP contribution in [0.2, 0.25) is 5.02 Å². The van der Waals surface area contributed by atoms with Crippen molar-refractivity contribution >= 4 is 22.9 Å². The molecule has 118 valence electrons. The van der Waals surface area contributed by atoms with Crippen LogP contribution in [0.15, 0.2) is 70.7 Å². The summed E-state index contributed by atoms with van der Waals surface area (Å²) in [6.07, 6.45) is 1.69. The van der Waals surface area contributed by atoms with E-state index in [4.69, 9.17) is 21.0 Å². The van der Waals surface area contributed by atoms with Crippen molar-refractivity contribution in [2.45, 2.75) is 6.92 Å². The molecule has 0 spiro atoms. The fourth-order valence-corrected chi connectivity index (χ4v) is 3.65. The molecule has 2 nitrogen and oxygen atoms in total. The van der Waals surface area contributed by atoms with Crippen LogP contribution in [-0.2, 0) is 0 Å². The van der Waals surface area contributed by atoms with Crippen LogP contribution in [0.1, 0.15) is 5.56 Å². The average Bonchev–Trinajstić information content (AvgIpc) is 3.26.